The van der Waals surface area contributed by atoms with Gasteiger partial charge < -0.3 is 10.3 Å². The highest BCUT2D eigenvalue weighted by molar-refractivity contribution is 7.92. The molecule has 0 saturated carbocycles. The van der Waals surface area contributed by atoms with Crippen molar-refractivity contribution in [2.24, 2.45) is 5.73 Å². The summed E-state index contributed by atoms with van der Waals surface area (Å²) in [5.41, 5.74) is 7.61. The first-order valence-electron chi connectivity index (χ1n) is 6.09. The molecule has 0 spiro atoms. The quantitative estimate of drug-likeness (QED) is 0.835. The Hall–Kier alpha value is -1.93. The molecule has 2 aromatic rings. The number of aromatic nitrogens is 1. The van der Waals surface area contributed by atoms with Crippen molar-refractivity contribution in [2.75, 3.05) is 4.72 Å². The first-order valence-corrected chi connectivity index (χ1v) is 7.98. The van der Waals surface area contributed by atoms with Crippen LogP contribution in [0.25, 0.3) is 0 Å². The molecule has 0 fully saturated rings. The normalized spacial score (nSPS) is 11.4. The van der Waals surface area contributed by atoms with E-state index in [1.54, 1.807) is 26.0 Å². The zero-order chi connectivity index (χ0) is 15.8. The molecule has 0 amide bonds. The van der Waals surface area contributed by atoms with Gasteiger partial charge in [-0.3, -0.25) is 4.72 Å². The van der Waals surface area contributed by atoms with Gasteiger partial charge in [-0.25, -0.2) is 8.42 Å². The average molecular weight is 325 g/mol. The van der Waals surface area contributed by atoms with Crippen LogP contribution in [-0.4, -0.2) is 18.6 Å². The molecule has 0 aliphatic heterocycles. The van der Waals surface area contributed by atoms with E-state index in [4.69, 9.17) is 22.5 Å². The van der Waals surface area contributed by atoms with Crippen molar-refractivity contribution in [2.45, 2.75) is 25.7 Å². The second-order valence-corrected chi connectivity index (χ2v) is 6.68. The lowest BCUT2D eigenvalue weighted by atomic mass is 10.1. The second kappa shape index (κ2) is 5.45. The van der Waals surface area contributed by atoms with E-state index in [1.807, 2.05) is 13.0 Å². The van der Waals surface area contributed by atoms with Gasteiger partial charge in [0.05, 0.1) is 5.69 Å². The molecule has 6 nitrogen and oxygen atoms in total. The minimum atomic E-state index is -3.83. The molecule has 0 saturated heterocycles. The standard InChI is InChI=1S/C13H15N3O3S2/c1-7-5-4-6-10(11(7)13(14)20)16-21(17,18)12-8(2)15-19-9(12)3/h4-6,16H,1-3H3,(H2,14,20). The average Bonchev–Trinajstić information content (AvgIpc) is 2.68. The fourth-order valence-corrected chi connectivity index (χ4v) is 3.81. The molecule has 0 bridgehead atoms. The number of nitrogens with two attached hydrogens (primary N) is 1. The summed E-state index contributed by atoms with van der Waals surface area (Å²) in [5.74, 6) is 0.226. The maximum absolute atomic E-state index is 12.5. The van der Waals surface area contributed by atoms with Crippen molar-refractivity contribution in [1.29, 1.82) is 0 Å². The molecule has 0 aliphatic carbocycles. The summed E-state index contributed by atoms with van der Waals surface area (Å²) in [7, 11) is -3.83. The van der Waals surface area contributed by atoms with Gasteiger partial charge in [0.1, 0.15) is 10.7 Å². The molecule has 0 unspecified atom stereocenters. The van der Waals surface area contributed by atoms with Crippen LogP contribution in [0.5, 0.6) is 0 Å². The number of nitrogens with one attached hydrogen (secondary N) is 1. The number of hydrogen-bond donors (Lipinski definition) is 2. The monoisotopic (exact) mass is 325 g/mol. The maximum Gasteiger partial charge on any atom is 0.267 e. The Kier molecular flexibility index (Phi) is 4.02. The van der Waals surface area contributed by atoms with E-state index in [0.29, 0.717) is 16.9 Å². The lowest BCUT2D eigenvalue weighted by Crippen LogP contribution is -2.19. The number of nitrogens with zero attached hydrogens (tertiary/aromatic N) is 1. The van der Waals surface area contributed by atoms with Crippen molar-refractivity contribution in [3.63, 3.8) is 0 Å². The van der Waals surface area contributed by atoms with E-state index in [1.165, 1.54) is 0 Å². The summed E-state index contributed by atoms with van der Waals surface area (Å²) in [6, 6.07) is 5.14. The van der Waals surface area contributed by atoms with Gasteiger partial charge >= 0.3 is 0 Å². The number of sulfonamides is 1. The Morgan fingerprint density at radius 3 is 2.52 bits per heavy atom. The van der Waals surface area contributed by atoms with E-state index < -0.39 is 10.0 Å². The first-order chi connectivity index (χ1) is 9.74. The third kappa shape index (κ3) is 2.91. The summed E-state index contributed by atoms with van der Waals surface area (Å²) >= 11 is 4.99. The summed E-state index contributed by atoms with van der Waals surface area (Å²) in [4.78, 5) is 0.155. The van der Waals surface area contributed by atoms with Crippen molar-refractivity contribution < 1.29 is 12.9 Å². The molecular formula is C13H15N3O3S2. The fourth-order valence-electron chi connectivity index (χ4n) is 2.13. The van der Waals surface area contributed by atoms with Crippen molar-refractivity contribution in [3.8, 4) is 0 Å². The first kappa shape index (κ1) is 15.5. The topological polar surface area (TPSA) is 98.2 Å². The van der Waals surface area contributed by atoms with Crippen LogP contribution in [0.2, 0.25) is 0 Å². The Morgan fingerprint density at radius 2 is 2.00 bits per heavy atom. The van der Waals surface area contributed by atoms with Crippen LogP contribution in [-0.2, 0) is 10.0 Å². The SMILES string of the molecule is Cc1cccc(NS(=O)(=O)c2c(C)noc2C)c1C(N)=S. The van der Waals surface area contributed by atoms with Gasteiger partial charge in [0.15, 0.2) is 10.7 Å². The Bertz CT molecular complexity index is 791. The molecule has 0 atom stereocenters. The minimum Gasteiger partial charge on any atom is -0.389 e. The molecule has 0 radical (unpaired) electrons. The number of benzene rings is 1. The molecule has 3 N–H and O–H groups in total. The van der Waals surface area contributed by atoms with Gasteiger partial charge in [-0.2, -0.15) is 0 Å². The Balaban J connectivity index is 2.53. The lowest BCUT2D eigenvalue weighted by Gasteiger charge is -2.13. The number of hydrogen-bond acceptors (Lipinski definition) is 5. The van der Waals surface area contributed by atoms with Gasteiger partial charge in [-0.1, -0.05) is 29.5 Å². The lowest BCUT2D eigenvalue weighted by molar-refractivity contribution is 0.390. The van der Waals surface area contributed by atoms with Crippen LogP contribution < -0.4 is 10.5 Å². The van der Waals surface area contributed by atoms with Gasteiger partial charge in [0.25, 0.3) is 10.0 Å². The highest BCUT2D eigenvalue weighted by Gasteiger charge is 2.25. The van der Waals surface area contributed by atoms with Gasteiger partial charge in [0, 0.05) is 5.56 Å². The summed E-state index contributed by atoms with van der Waals surface area (Å²) in [6.45, 7) is 4.91. The van der Waals surface area contributed by atoms with Crippen molar-refractivity contribution >= 4 is 32.9 Å². The Labute approximate surface area is 128 Å². The van der Waals surface area contributed by atoms with E-state index >= 15 is 0 Å². The van der Waals surface area contributed by atoms with Crippen LogP contribution in [0.1, 0.15) is 22.6 Å². The zero-order valence-corrected chi connectivity index (χ0v) is 13.4. The molecule has 0 aliphatic rings. The van der Waals surface area contributed by atoms with Crippen LogP contribution in [0.15, 0.2) is 27.6 Å². The minimum absolute atomic E-state index is 0.0258. The largest absolute Gasteiger partial charge is 0.389 e. The zero-order valence-electron chi connectivity index (χ0n) is 11.8. The van der Waals surface area contributed by atoms with Crippen LogP contribution >= 0.6 is 12.2 Å². The molecule has 21 heavy (non-hydrogen) atoms. The van der Waals surface area contributed by atoms with Crippen LogP contribution in [0.3, 0.4) is 0 Å². The molecule has 1 heterocycles. The molecule has 1 aromatic carbocycles. The predicted octanol–water partition coefficient (Wildman–Crippen LogP) is 2.03. The van der Waals surface area contributed by atoms with E-state index in [9.17, 15) is 8.42 Å². The summed E-state index contributed by atoms with van der Waals surface area (Å²) < 4.78 is 32.4. The highest BCUT2D eigenvalue weighted by atomic mass is 32.2. The number of thiocarbonyl (C=S) groups is 1. The fraction of sp³-hybridized carbons (Fsp3) is 0.231. The number of aryl methyl sites for hydroxylation is 3. The van der Waals surface area contributed by atoms with Gasteiger partial charge in [-0.15, -0.1) is 0 Å². The predicted molar refractivity (Wildman–Crippen MR) is 83.9 cm³/mol. The van der Waals surface area contributed by atoms with Gasteiger partial charge in [0.2, 0.25) is 0 Å². The van der Waals surface area contributed by atoms with E-state index in [-0.39, 0.29) is 15.6 Å². The van der Waals surface area contributed by atoms with E-state index in [0.717, 1.165) is 5.56 Å². The molecular weight excluding hydrogens is 310 g/mol. The smallest absolute Gasteiger partial charge is 0.267 e. The maximum atomic E-state index is 12.5. The molecule has 1 aromatic heterocycles. The Morgan fingerprint density at radius 1 is 1.33 bits per heavy atom. The van der Waals surface area contributed by atoms with Gasteiger partial charge in [-0.05, 0) is 32.4 Å². The number of anilines is 1. The third-order valence-electron chi connectivity index (χ3n) is 3.00. The summed E-state index contributed by atoms with van der Waals surface area (Å²) in [6.07, 6.45) is 0. The number of rotatable bonds is 4. The van der Waals surface area contributed by atoms with Crippen LogP contribution in [0.4, 0.5) is 5.69 Å². The molecule has 8 heteroatoms. The van der Waals surface area contributed by atoms with Crippen molar-refractivity contribution in [1.82, 2.24) is 5.16 Å². The van der Waals surface area contributed by atoms with E-state index in [2.05, 4.69) is 9.88 Å². The highest BCUT2D eigenvalue weighted by Crippen LogP contribution is 2.25. The molecule has 2 rings (SSSR count). The second-order valence-electron chi connectivity index (χ2n) is 4.62. The third-order valence-corrected chi connectivity index (χ3v) is 4.81. The molecule has 112 valence electrons. The van der Waals surface area contributed by atoms with Crippen molar-refractivity contribution in [3.05, 3.63) is 40.8 Å². The summed E-state index contributed by atoms with van der Waals surface area (Å²) in [5, 5.41) is 3.65. The van der Waals surface area contributed by atoms with Crippen LogP contribution in [0, 0.1) is 20.8 Å².